The van der Waals surface area contributed by atoms with Crippen molar-refractivity contribution >= 4 is 23.1 Å². The second kappa shape index (κ2) is 7.71. The number of quaternary nitrogens is 1. The van der Waals surface area contributed by atoms with Gasteiger partial charge in [-0.2, -0.15) is 0 Å². The van der Waals surface area contributed by atoms with Crippen molar-refractivity contribution in [2.24, 2.45) is 0 Å². The Morgan fingerprint density at radius 2 is 1.92 bits per heavy atom. The fourth-order valence-electron chi connectivity index (χ4n) is 2.92. The first kappa shape index (κ1) is 16.8. The number of anilines is 2. The lowest BCUT2D eigenvalue weighted by Crippen LogP contribution is -3.15. The van der Waals surface area contributed by atoms with Crippen molar-refractivity contribution in [3.63, 3.8) is 0 Å². The van der Waals surface area contributed by atoms with E-state index in [2.05, 4.69) is 15.2 Å². The highest BCUT2D eigenvalue weighted by Crippen LogP contribution is 2.15. The molecule has 1 saturated heterocycles. The predicted octanol–water partition coefficient (Wildman–Crippen LogP) is -0.247. The number of pyridine rings is 1. The van der Waals surface area contributed by atoms with Crippen LogP contribution in [0, 0.1) is 10.1 Å². The highest BCUT2D eigenvalue weighted by atomic mass is 16.6. The van der Waals surface area contributed by atoms with Crippen LogP contribution in [0.1, 0.15) is 0 Å². The molecule has 8 heteroatoms. The van der Waals surface area contributed by atoms with Crippen molar-refractivity contribution in [1.29, 1.82) is 0 Å². The van der Waals surface area contributed by atoms with Crippen LogP contribution < -0.4 is 20.1 Å². The smallest absolute Gasteiger partial charge is 0.279 e. The molecule has 0 bridgehead atoms. The quantitative estimate of drug-likeness (QED) is 0.578. The number of non-ortho nitro benzene ring substituents is 1. The summed E-state index contributed by atoms with van der Waals surface area (Å²) >= 11 is 0. The molecule has 0 spiro atoms. The number of nitro groups is 1. The second-order valence-corrected chi connectivity index (χ2v) is 6.01. The van der Waals surface area contributed by atoms with Crippen LogP contribution in [0.4, 0.5) is 17.2 Å². The number of nitro benzene ring substituents is 1. The van der Waals surface area contributed by atoms with Crippen molar-refractivity contribution < 1.29 is 19.6 Å². The van der Waals surface area contributed by atoms with Crippen LogP contribution in [0.25, 0.3) is 0 Å². The van der Waals surface area contributed by atoms with Gasteiger partial charge in [0, 0.05) is 23.9 Å². The van der Waals surface area contributed by atoms with Crippen molar-refractivity contribution in [3.8, 4) is 0 Å². The number of H-pyrrole nitrogens is 1. The summed E-state index contributed by atoms with van der Waals surface area (Å²) in [5.74, 6) is 1.01. The summed E-state index contributed by atoms with van der Waals surface area (Å²) in [6.45, 7) is 3.94. The summed E-state index contributed by atoms with van der Waals surface area (Å²) in [5, 5.41) is 13.4. The molecule has 1 fully saturated rings. The Hall–Kier alpha value is -3.00. The van der Waals surface area contributed by atoms with E-state index in [4.69, 9.17) is 0 Å². The van der Waals surface area contributed by atoms with Gasteiger partial charge in [0.1, 0.15) is 26.2 Å². The summed E-state index contributed by atoms with van der Waals surface area (Å²) < 4.78 is 0. The maximum Gasteiger partial charge on any atom is 0.279 e. The van der Waals surface area contributed by atoms with E-state index in [1.54, 1.807) is 12.1 Å². The third-order valence-electron chi connectivity index (χ3n) is 4.28. The molecule has 1 aromatic heterocycles. The molecule has 0 unspecified atom stereocenters. The third-order valence-corrected chi connectivity index (χ3v) is 4.28. The van der Waals surface area contributed by atoms with Gasteiger partial charge in [0.2, 0.25) is 0 Å². The van der Waals surface area contributed by atoms with E-state index in [1.807, 2.05) is 24.4 Å². The van der Waals surface area contributed by atoms with Gasteiger partial charge in [-0.1, -0.05) is 6.07 Å². The predicted molar refractivity (Wildman–Crippen MR) is 92.5 cm³/mol. The number of benzene rings is 1. The lowest BCUT2D eigenvalue weighted by molar-refractivity contribution is -0.892. The van der Waals surface area contributed by atoms with Crippen LogP contribution >= 0.6 is 0 Å². The number of hydrogen-bond donors (Lipinski definition) is 2. The van der Waals surface area contributed by atoms with Gasteiger partial charge >= 0.3 is 0 Å². The minimum Gasteiger partial charge on any atom is -0.321 e. The summed E-state index contributed by atoms with van der Waals surface area (Å²) in [7, 11) is 0. The second-order valence-electron chi connectivity index (χ2n) is 6.01. The number of aromatic amines is 1. The van der Waals surface area contributed by atoms with Crippen molar-refractivity contribution in [2.75, 3.05) is 42.9 Å². The molecule has 0 atom stereocenters. The Labute approximate surface area is 145 Å². The van der Waals surface area contributed by atoms with Crippen LogP contribution in [-0.2, 0) is 4.79 Å². The number of piperazine rings is 1. The van der Waals surface area contributed by atoms with Crippen LogP contribution in [0.2, 0.25) is 0 Å². The van der Waals surface area contributed by atoms with E-state index < -0.39 is 4.92 Å². The monoisotopic (exact) mass is 343 g/mol. The maximum atomic E-state index is 12.2. The Morgan fingerprint density at radius 1 is 1.20 bits per heavy atom. The number of nitrogens with one attached hydrogen (secondary N) is 3. The van der Waals surface area contributed by atoms with E-state index in [0.717, 1.165) is 32.0 Å². The summed E-state index contributed by atoms with van der Waals surface area (Å²) in [4.78, 5) is 29.1. The number of rotatable bonds is 5. The van der Waals surface area contributed by atoms with Gasteiger partial charge < -0.3 is 10.2 Å². The Balaban J connectivity index is 1.47. The van der Waals surface area contributed by atoms with Gasteiger partial charge in [0.05, 0.1) is 11.1 Å². The summed E-state index contributed by atoms with van der Waals surface area (Å²) in [6.07, 6.45) is 1.91. The van der Waals surface area contributed by atoms with E-state index in [1.165, 1.54) is 17.0 Å². The Bertz CT molecular complexity index is 728. The topological polar surface area (TPSA) is 94.1 Å². The molecule has 3 N–H and O–H groups in total. The van der Waals surface area contributed by atoms with Crippen LogP contribution in [-0.4, -0.2) is 43.6 Å². The van der Waals surface area contributed by atoms with Gasteiger partial charge in [-0.15, -0.1) is 0 Å². The van der Waals surface area contributed by atoms with Crippen LogP contribution in [0.3, 0.4) is 0 Å². The van der Waals surface area contributed by atoms with E-state index >= 15 is 0 Å². The molecular formula is C17H21N5O3+2. The molecule has 0 saturated carbocycles. The molecule has 2 heterocycles. The van der Waals surface area contributed by atoms with Gasteiger partial charge in [-0.3, -0.25) is 19.8 Å². The molecule has 1 aliphatic rings. The van der Waals surface area contributed by atoms with Crippen molar-refractivity contribution in [3.05, 3.63) is 58.8 Å². The molecule has 3 rings (SSSR count). The van der Waals surface area contributed by atoms with E-state index in [9.17, 15) is 14.9 Å². The first-order chi connectivity index (χ1) is 12.1. The van der Waals surface area contributed by atoms with Crippen LogP contribution in [0.15, 0.2) is 48.7 Å². The summed E-state index contributed by atoms with van der Waals surface area (Å²) in [6, 6.07) is 11.9. The minimum absolute atomic E-state index is 0.0115. The van der Waals surface area contributed by atoms with Gasteiger partial charge in [-0.05, 0) is 18.2 Å². The number of amides is 1. The zero-order valence-corrected chi connectivity index (χ0v) is 13.8. The summed E-state index contributed by atoms with van der Waals surface area (Å²) in [5.41, 5.74) is 0.588. The largest absolute Gasteiger partial charge is 0.321 e. The number of aromatic nitrogens is 1. The average molecular weight is 343 g/mol. The molecule has 2 aromatic rings. The fourth-order valence-corrected chi connectivity index (χ4v) is 2.92. The highest BCUT2D eigenvalue weighted by Gasteiger charge is 2.27. The molecule has 0 radical (unpaired) electrons. The normalized spacial score (nSPS) is 15.0. The van der Waals surface area contributed by atoms with E-state index in [-0.39, 0.29) is 11.6 Å². The first-order valence-corrected chi connectivity index (χ1v) is 8.21. The minimum atomic E-state index is -0.459. The Kier molecular flexibility index (Phi) is 5.20. The number of hydrogen-bond acceptors (Lipinski definition) is 4. The number of nitrogens with zero attached hydrogens (tertiary/aromatic N) is 2. The molecule has 130 valence electrons. The first-order valence-electron chi connectivity index (χ1n) is 8.21. The number of carbonyl (C=O) groups is 1. The lowest BCUT2D eigenvalue weighted by Gasteiger charge is -2.27. The molecule has 0 aliphatic carbocycles. The average Bonchev–Trinajstić information content (AvgIpc) is 2.63. The highest BCUT2D eigenvalue weighted by molar-refractivity contribution is 5.91. The Morgan fingerprint density at radius 3 is 2.52 bits per heavy atom. The van der Waals surface area contributed by atoms with Gasteiger partial charge in [0.15, 0.2) is 6.54 Å². The zero-order chi connectivity index (χ0) is 17.6. The van der Waals surface area contributed by atoms with E-state index in [0.29, 0.717) is 12.2 Å². The van der Waals surface area contributed by atoms with Gasteiger partial charge in [-0.25, -0.2) is 4.98 Å². The van der Waals surface area contributed by atoms with Crippen molar-refractivity contribution in [1.82, 2.24) is 0 Å². The standard InChI is InChI=1S/C17H19N5O3/c23-17(19-14-4-6-15(7-5-14)22(24)25)13-20-9-11-21(12-10-20)16-3-1-2-8-18-16/h1-8H,9-13H2,(H,19,23)/p+2. The zero-order valence-electron chi connectivity index (χ0n) is 13.8. The molecule has 25 heavy (non-hydrogen) atoms. The molecule has 8 nitrogen and oxygen atoms in total. The van der Waals surface area contributed by atoms with Gasteiger partial charge in [0.25, 0.3) is 17.4 Å². The third kappa shape index (κ3) is 4.51. The molecule has 1 amide bonds. The van der Waals surface area contributed by atoms with Crippen LogP contribution in [0.5, 0.6) is 0 Å². The molecular weight excluding hydrogens is 322 g/mol. The maximum absolute atomic E-state index is 12.2. The fraction of sp³-hybridized carbons (Fsp3) is 0.294. The molecule has 1 aliphatic heterocycles. The molecule has 1 aromatic carbocycles. The SMILES string of the molecule is O=C(C[NH+]1CCN(c2cccc[nH+]2)CC1)Nc1ccc([N+](=O)[O-])cc1. The number of carbonyl (C=O) groups excluding carboxylic acids is 1. The lowest BCUT2D eigenvalue weighted by atomic mass is 10.2. The van der Waals surface area contributed by atoms with Crippen molar-refractivity contribution in [2.45, 2.75) is 0 Å².